The van der Waals surface area contributed by atoms with Crippen molar-refractivity contribution in [3.63, 3.8) is 0 Å². The quantitative estimate of drug-likeness (QED) is 0.219. The Hall–Kier alpha value is -1.66. The predicted octanol–water partition coefficient (Wildman–Crippen LogP) is 4.41. The van der Waals surface area contributed by atoms with Gasteiger partial charge in [0.25, 0.3) is 0 Å². The summed E-state index contributed by atoms with van der Waals surface area (Å²) >= 11 is 1.81. The molecule has 6 heteroatoms. The Labute approximate surface area is 161 Å². The third kappa shape index (κ3) is 9.15. The van der Waals surface area contributed by atoms with E-state index in [2.05, 4.69) is 23.8 Å². The van der Waals surface area contributed by atoms with E-state index in [0.717, 1.165) is 39.8 Å². The van der Waals surface area contributed by atoms with E-state index in [0.29, 0.717) is 26.4 Å². The van der Waals surface area contributed by atoms with Gasteiger partial charge in [-0.2, -0.15) is 11.8 Å². The summed E-state index contributed by atoms with van der Waals surface area (Å²) in [5.74, 6) is 3.68. The van der Waals surface area contributed by atoms with E-state index in [-0.39, 0.29) is 0 Å². The lowest BCUT2D eigenvalue weighted by Gasteiger charge is -2.14. The van der Waals surface area contributed by atoms with Crippen molar-refractivity contribution in [2.75, 3.05) is 45.0 Å². The Kier molecular flexibility index (Phi) is 11.6. The first kappa shape index (κ1) is 22.4. The molecule has 0 heterocycles. The summed E-state index contributed by atoms with van der Waals surface area (Å²) in [6.45, 7) is 10.4. The van der Waals surface area contributed by atoms with Gasteiger partial charge in [0, 0.05) is 11.5 Å². The lowest BCUT2D eigenvalue weighted by molar-refractivity contribution is 0.176. The number of nitrogens with zero attached hydrogens (tertiary/aromatic N) is 1. The molecule has 0 aliphatic carbocycles. The van der Waals surface area contributed by atoms with Crippen molar-refractivity contribution in [2.45, 2.75) is 27.7 Å². The van der Waals surface area contributed by atoms with Gasteiger partial charge in [0.05, 0.1) is 25.5 Å². The van der Waals surface area contributed by atoms with Gasteiger partial charge in [0.15, 0.2) is 0 Å². The predicted molar refractivity (Wildman–Crippen MR) is 110 cm³/mol. The second-order valence-corrected chi connectivity index (χ2v) is 7.01. The van der Waals surface area contributed by atoms with Gasteiger partial charge in [0.2, 0.25) is 0 Å². The van der Waals surface area contributed by atoms with Crippen molar-refractivity contribution < 1.29 is 19.0 Å². The van der Waals surface area contributed by atoms with Gasteiger partial charge >= 0.3 is 0 Å². The summed E-state index contributed by atoms with van der Waals surface area (Å²) in [5.41, 5.74) is 3.04. The van der Waals surface area contributed by atoms with Crippen LogP contribution >= 0.6 is 11.8 Å². The first-order valence-corrected chi connectivity index (χ1v) is 9.94. The summed E-state index contributed by atoms with van der Waals surface area (Å²) in [7, 11) is 1.53. The van der Waals surface area contributed by atoms with E-state index in [1.54, 1.807) is 0 Å². The van der Waals surface area contributed by atoms with Crippen LogP contribution in [0.15, 0.2) is 29.4 Å². The van der Waals surface area contributed by atoms with Crippen LogP contribution in [-0.2, 0) is 9.57 Å². The molecule has 0 saturated carbocycles. The number of benzene rings is 1. The Balaban J connectivity index is 2.25. The molecule has 0 aromatic heterocycles. The van der Waals surface area contributed by atoms with Crippen LogP contribution in [0.1, 0.15) is 25.0 Å². The number of allylic oxidation sites excluding steroid dienone is 1. The third-order valence-corrected chi connectivity index (χ3v) is 4.33. The number of hydrogen-bond donors (Lipinski definition) is 0. The molecule has 0 radical (unpaired) electrons. The molecule has 1 aromatic rings. The van der Waals surface area contributed by atoms with Crippen LogP contribution in [0.4, 0.5) is 0 Å². The second kappa shape index (κ2) is 13.5. The summed E-state index contributed by atoms with van der Waals surface area (Å²) in [4.78, 5) is 4.68. The lowest BCUT2D eigenvalue weighted by Crippen LogP contribution is -2.09. The second-order valence-electron chi connectivity index (χ2n) is 5.79. The van der Waals surface area contributed by atoms with Crippen LogP contribution < -0.4 is 9.47 Å². The minimum Gasteiger partial charge on any atom is -0.492 e. The molecule has 0 aliphatic rings. The van der Waals surface area contributed by atoms with E-state index in [4.69, 9.17) is 14.2 Å². The minimum atomic E-state index is 0.506. The first-order chi connectivity index (χ1) is 12.6. The summed E-state index contributed by atoms with van der Waals surface area (Å²) in [6, 6.07) is 4.05. The fourth-order valence-electron chi connectivity index (χ4n) is 2.29. The fourth-order valence-corrected chi connectivity index (χ4v) is 2.93. The van der Waals surface area contributed by atoms with E-state index < -0.39 is 0 Å². The van der Waals surface area contributed by atoms with Crippen molar-refractivity contribution in [1.82, 2.24) is 0 Å². The van der Waals surface area contributed by atoms with Crippen LogP contribution in [0.25, 0.3) is 0 Å². The molecule has 0 fully saturated rings. The molecular weight excluding hydrogens is 350 g/mol. The number of hydrogen-bond acceptors (Lipinski definition) is 6. The van der Waals surface area contributed by atoms with Crippen LogP contribution in [0.3, 0.4) is 0 Å². The zero-order valence-corrected chi connectivity index (χ0v) is 17.4. The third-order valence-electron chi connectivity index (χ3n) is 3.42. The maximum Gasteiger partial charge on any atom is 0.125 e. The van der Waals surface area contributed by atoms with Gasteiger partial charge in [-0.05, 0) is 51.0 Å². The summed E-state index contributed by atoms with van der Waals surface area (Å²) < 4.78 is 17.2. The van der Waals surface area contributed by atoms with E-state index in [9.17, 15) is 0 Å². The Morgan fingerprint density at radius 3 is 2.46 bits per heavy atom. The molecule has 0 amide bonds. The summed E-state index contributed by atoms with van der Waals surface area (Å²) in [5, 5.41) is 3.80. The average Bonchev–Trinajstić information content (AvgIpc) is 2.59. The summed E-state index contributed by atoms with van der Waals surface area (Å²) in [6.07, 6.45) is 3.97. The number of oxime groups is 1. The van der Waals surface area contributed by atoms with Gasteiger partial charge < -0.3 is 19.0 Å². The van der Waals surface area contributed by atoms with Gasteiger partial charge in [-0.15, -0.1) is 0 Å². The number of thioether (sulfide) groups is 1. The highest BCUT2D eigenvalue weighted by molar-refractivity contribution is 7.99. The number of rotatable bonds is 13. The molecule has 26 heavy (non-hydrogen) atoms. The van der Waals surface area contributed by atoms with Crippen LogP contribution in [0.5, 0.6) is 11.5 Å². The average molecular weight is 382 g/mol. The maximum atomic E-state index is 5.96. The molecule has 0 unspecified atom stereocenters. The number of ether oxygens (including phenoxy) is 3. The number of aryl methyl sites for hydroxylation is 2. The molecule has 1 rings (SSSR count). The maximum absolute atomic E-state index is 5.96. The molecule has 0 N–H and O–H groups in total. The molecule has 146 valence electrons. The minimum absolute atomic E-state index is 0.506. The Bertz CT molecular complexity index is 564. The van der Waals surface area contributed by atoms with Gasteiger partial charge in [-0.25, -0.2) is 0 Å². The lowest BCUT2D eigenvalue weighted by atomic mass is 10.1. The van der Waals surface area contributed by atoms with E-state index in [1.807, 2.05) is 49.9 Å². The highest BCUT2D eigenvalue weighted by atomic mass is 32.2. The van der Waals surface area contributed by atoms with Gasteiger partial charge in [-0.1, -0.05) is 17.3 Å². The standard InChI is InChI=1S/C20H31NO4S/c1-6-7-8-24-19-13-16(2)20(17(3)14-19)25-10-12-26-11-9-23-15-18(4)21-22-5/h6-7,13-14H,8-12,15H2,1-5H3/b7-6+,21-18+. The van der Waals surface area contributed by atoms with Crippen molar-refractivity contribution in [3.05, 3.63) is 35.4 Å². The Morgan fingerprint density at radius 1 is 1.12 bits per heavy atom. The van der Waals surface area contributed by atoms with Crippen molar-refractivity contribution in [3.8, 4) is 11.5 Å². The molecular formula is C20H31NO4S. The monoisotopic (exact) mass is 381 g/mol. The van der Waals surface area contributed by atoms with Crippen LogP contribution in [0.2, 0.25) is 0 Å². The zero-order valence-electron chi connectivity index (χ0n) is 16.5. The van der Waals surface area contributed by atoms with Crippen LogP contribution in [0, 0.1) is 13.8 Å². The molecule has 0 spiro atoms. The highest BCUT2D eigenvalue weighted by Crippen LogP contribution is 2.28. The van der Waals surface area contributed by atoms with E-state index in [1.165, 1.54) is 7.11 Å². The van der Waals surface area contributed by atoms with Gasteiger partial charge in [0.1, 0.15) is 25.2 Å². The largest absolute Gasteiger partial charge is 0.492 e. The van der Waals surface area contributed by atoms with Crippen molar-refractivity contribution in [1.29, 1.82) is 0 Å². The topological polar surface area (TPSA) is 49.3 Å². The van der Waals surface area contributed by atoms with Gasteiger partial charge in [-0.3, -0.25) is 0 Å². The van der Waals surface area contributed by atoms with E-state index >= 15 is 0 Å². The molecule has 0 aliphatic heterocycles. The van der Waals surface area contributed by atoms with Crippen LogP contribution in [-0.4, -0.2) is 50.8 Å². The highest BCUT2D eigenvalue weighted by Gasteiger charge is 2.07. The normalized spacial score (nSPS) is 11.8. The van der Waals surface area contributed by atoms with Crippen molar-refractivity contribution >= 4 is 17.5 Å². The van der Waals surface area contributed by atoms with Crippen molar-refractivity contribution in [2.24, 2.45) is 5.16 Å². The molecule has 0 saturated heterocycles. The smallest absolute Gasteiger partial charge is 0.125 e. The zero-order chi connectivity index (χ0) is 19.2. The molecule has 0 atom stereocenters. The SMILES string of the molecule is C/C=C/COc1cc(C)c(OCCSCCOC/C(C)=N/OC)c(C)c1. The molecule has 0 bridgehead atoms. The Morgan fingerprint density at radius 2 is 1.81 bits per heavy atom. The first-order valence-electron chi connectivity index (χ1n) is 8.78. The fraction of sp³-hybridized carbons (Fsp3) is 0.550. The molecule has 5 nitrogen and oxygen atoms in total. The molecule has 1 aromatic carbocycles.